The summed E-state index contributed by atoms with van der Waals surface area (Å²) in [4.78, 5) is 17.6. The van der Waals surface area contributed by atoms with Crippen molar-refractivity contribution in [2.45, 2.75) is 23.2 Å². The first-order chi connectivity index (χ1) is 13.5. The van der Waals surface area contributed by atoms with Crippen LogP contribution in [0.5, 0.6) is 5.75 Å². The van der Waals surface area contributed by atoms with E-state index in [0.29, 0.717) is 13.0 Å². The van der Waals surface area contributed by atoms with Crippen molar-refractivity contribution in [1.29, 1.82) is 0 Å². The summed E-state index contributed by atoms with van der Waals surface area (Å²) in [5, 5.41) is -0.192. The first kappa shape index (κ1) is 23.4. The Morgan fingerprint density at radius 2 is 1.90 bits per heavy atom. The Bertz CT molecular complexity index is 960. The molecule has 156 valence electrons. The van der Waals surface area contributed by atoms with Crippen LogP contribution in [0.25, 0.3) is 11.0 Å². The van der Waals surface area contributed by atoms with E-state index >= 15 is 0 Å². The number of nitrogens with zero attached hydrogens (tertiary/aromatic N) is 2. The molecule has 0 saturated carbocycles. The summed E-state index contributed by atoms with van der Waals surface area (Å²) in [6, 6.07) is 14.1. The second-order valence-corrected chi connectivity index (χ2v) is 8.25. The average Bonchev–Trinajstić information content (AvgIpc) is 3.05. The number of benzene rings is 2. The Labute approximate surface area is 186 Å². The molecule has 3 aromatic rings. The third-order valence-electron chi connectivity index (χ3n) is 4.64. The topological polar surface area (TPSA) is 53.4 Å². The van der Waals surface area contributed by atoms with Crippen LogP contribution < -0.4 is 4.74 Å². The van der Waals surface area contributed by atoms with Crippen LogP contribution in [-0.4, -0.2) is 40.4 Å². The lowest BCUT2D eigenvalue weighted by Gasteiger charge is -2.12. The van der Waals surface area contributed by atoms with Gasteiger partial charge in [-0.3, -0.25) is 4.79 Å². The van der Waals surface area contributed by atoms with Gasteiger partial charge in [-0.25, -0.2) is 4.98 Å². The van der Waals surface area contributed by atoms with Crippen molar-refractivity contribution in [3.63, 3.8) is 0 Å². The maximum atomic E-state index is 11.7. The van der Waals surface area contributed by atoms with Crippen LogP contribution in [0.15, 0.2) is 47.4 Å². The number of aryl methyl sites for hydroxylation is 1. The Morgan fingerprint density at radius 1 is 1.17 bits per heavy atom. The van der Waals surface area contributed by atoms with E-state index in [1.807, 2.05) is 43.6 Å². The summed E-state index contributed by atoms with van der Waals surface area (Å²) in [6.45, 7) is 0.398. The molecule has 1 aromatic heterocycles. The quantitative estimate of drug-likeness (QED) is 0.363. The van der Waals surface area contributed by atoms with Gasteiger partial charge in [0.25, 0.3) is 0 Å². The minimum absolute atomic E-state index is 0. The van der Waals surface area contributed by atoms with Crippen molar-refractivity contribution in [2.75, 3.05) is 19.6 Å². The number of hydrogen-bond donors (Lipinski definition) is 0. The van der Waals surface area contributed by atoms with E-state index in [-0.39, 0.29) is 23.6 Å². The fraction of sp³-hybridized carbons (Fsp3) is 0.333. The highest BCUT2D eigenvalue weighted by atomic mass is 35.5. The third-order valence-corrected chi connectivity index (χ3v) is 6.30. The zero-order valence-corrected chi connectivity index (χ0v) is 19.3. The fourth-order valence-corrected chi connectivity index (χ4v) is 4.04. The van der Waals surface area contributed by atoms with Gasteiger partial charge in [-0.2, -0.15) is 0 Å². The van der Waals surface area contributed by atoms with Crippen LogP contribution in [0.4, 0.5) is 0 Å². The molecule has 1 unspecified atom stereocenters. The van der Waals surface area contributed by atoms with Crippen LogP contribution in [0, 0.1) is 0 Å². The Hall–Kier alpha value is -1.83. The molecule has 3 rings (SSSR count). The van der Waals surface area contributed by atoms with Gasteiger partial charge in [0.05, 0.1) is 18.1 Å². The maximum absolute atomic E-state index is 11.7. The number of esters is 1. The van der Waals surface area contributed by atoms with Gasteiger partial charge in [0.15, 0.2) is 0 Å². The molecule has 0 aliphatic heterocycles. The van der Waals surface area contributed by atoms with Crippen LogP contribution in [0.2, 0.25) is 0 Å². The van der Waals surface area contributed by atoms with E-state index in [1.54, 1.807) is 11.8 Å². The monoisotopic (exact) mass is 452 g/mol. The summed E-state index contributed by atoms with van der Waals surface area (Å²) >= 11 is 3.22. The van der Waals surface area contributed by atoms with Crippen molar-refractivity contribution in [3.05, 3.63) is 53.9 Å². The molecule has 1 heterocycles. The normalized spacial score (nSPS) is 11.7. The molecule has 1 atom stereocenters. The Morgan fingerprint density at radius 3 is 2.52 bits per heavy atom. The molecule has 0 N–H and O–H groups in total. The SMILES string of the molecule is COC(=O)C(Cc1ccc(OCc2nc3ccc(SC)cc3n2C)cc1)SC.Cl. The second kappa shape index (κ2) is 10.8. The van der Waals surface area contributed by atoms with Gasteiger partial charge >= 0.3 is 5.97 Å². The first-order valence-electron chi connectivity index (χ1n) is 8.87. The lowest BCUT2D eigenvalue weighted by atomic mass is 10.1. The minimum atomic E-state index is -0.195. The molecule has 2 aromatic carbocycles. The number of rotatable bonds is 8. The molecule has 5 nitrogen and oxygen atoms in total. The average molecular weight is 453 g/mol. The van der Waals surface area contributed by atoms with Crippen molar-refractivity contribution >= 4 is 52.9 Å². The standard InChI is InChI=1S/C21H24N2O3S2.ClH/c1-23-18-12-16(27-3)9-10-17(18)22-20(23)13-26-15-7-5-14(6-8-15)11-19(28-4)21(24)25-2;/h5-10,12,19H,11,13H2,1-4H3;1H. The predicted molar refractivity (Wildman–Crippen MR) is 124 cm³/mol. The van der Waals surface area contributed by atoms with Crippen LogP contribution in [0.3, 0.4) is 0 Å². The van der Waals surface area contributed by atoms with Gasteiger partial charge in [-0.05, 0) is 54.8 Å². The van der Waals surface area contributed by atoms with Gasteiger partial charge in [-0.15, -0.1) is 35.9 Å². The summed E-state index contributed by atoms with van der Waals surface area (Å²) in [7, 11) is 3.43. The van der Waals surface area contributed by atoms with Crippen molar-refractivity contribution in [1.82, 2.24) is 9.55 Å². The van der Waals surface area contributed by atoms with Crippen LogP contribution >= 0.6 is 35.9 Å². The lowest BCUT2D eigenvalue weighted by molar-refractivity contribution is -0.139. The summed E-state index contributed by atoms with van der Waals surface area (Å²) in [5.74, 6) is 1.46. The molecule has 29 heavy (non-hydrogen) atoms. The minimum Gasteiger partial charge on any atom is -0.486 e. The van der Waals surface area contributed by atoms with Crippen LogP contribution in [0.1, 0.15) is 11.4 Å². The number of imidazole rings is 1. The lowest BCUT2D eigenvalue weighted by Crippen LogP contribution is -2.20. The van der Waals surface area contributed by atoms with Crippen molar-refractivity contribution < 1.29 is 14.3 Å². The van der Waals surface area contributed by atoms with E-state index in [4.69, 9.17) is 9.47 Å². The third kappa shape index (κ3) is 5.62. The summed E-state index contributed by atoms with van der Waals surface area (Å²) < 4.78 is 12.8. The summed E-state index contributed by atoms with van der Waals surface area (Å²) in [5.41, 5.74) is 3.15. The number of carbonyl (C=O) groups is 1. The molecule has 0 radical (unpaired) electrons. The number of ether oxygens (including phenoxy) is 2. The van der Waals surface area contributed by atoms with Gasteiger partial charge < -0.3 is 14.0 Å². The molecule has 0 amide bonds. The molecule has 0 bridgehead atoms. The van der Waals surface area contributed by atoms with Gasteiger partial charge in [0, 0.05) is 11.9 Å². The molecular formula is C21H25ClN2O3S2. The Kier molecular flexibility index (Phi) is 8.74. The number of carbonyl (C=O) groups excluding carboxylic acids is 1. The molecular weight excluding hydrogens is 428 g/mol. The van der Waals surface area contributed by atoms with Gasteiger partial charge in [0.1, 0.15) is 23.4 Å². The van der Waals surface area contributed by atoms with Crippen molar-refractivity contribution in [3.8, 4) is 5.75 Å². The Balaban J connectivity index is 0.00000300. The molecule has 0 spiro atoms. The van der Waals surface area contributed by atoms with Crippen molar-refractivity contribution in [2.24, 2.45) is 7.05 Å². The fourth-order valence-electron chi connectivity index (χ4n) is 2.95. The number of halogens is 1. The summed E-state index contributed by atoms with van der Waals surface area (Å²) in [6.07, 6.45) is 4.62. The van der Waals surface area contributed by atoms with E-state index in [9.17, 15) is 4.79 Å². The zero-order valence-electron chi connectivity index (χ0n) is 16.9. The van der Waals surface area contributed by atoms with Gasteiger partial charge in [-0.1, -0.05) is 12.1 Å². The molecule has 0 aliphatic rings. The predicted octanol–water partition coefficient (Wildman–Crippen LogP) is 4.74. The largest absolute Gasteiger partial charge is 0.486 e. The maximum Gasteiger partial charge on any atom is 0.319 e. The number of hydrogen-bond acceptors (Lipinski definition) is 6. The van der Waals surface area contributed by atoms with Crippen LogP contribution in [-0.2, 0) is 29.6 Å². The first-order valence-corrected chi connectivity index (χ1v) is 11.4. The number of thioether (sulfide) groups is 2. The smallest absolute Gasteiger partial charge is 0.319 e. The van der Waals surface area contributed by atoms with E-state index in [0.717, 1.165) is 28.2 Å². The highest BCUT2D eigenvalue weighted by molar-refractivity contribution is 7.99. The molecule has 0 fully saturated rings. The number of aromatic nitrogens is 2. The highest BCUT2D eigenvalue weighted by Crippen LogP contribution is 2.23. The second-order valence-electron chi connectivity index (χ2n) is 6.33. The zero-order chi connectivity index (χ0) is 20.1. The van der Waals surface area contributed by atoms with Gasteiger partial charge in [0.2, 0.25) is 0 Å². The molecule has 0 aliphatic carbocycles. The van der Waals surface area contributed by atoms with E-state index in [1.165, 1.54) is 23.8 Å². The van der Waals surface area contributed by atoms with E-state index < -0.39 is 0 Å². The van der Waals surface area contributed by atoms with E-state index in [2.05, 4.69) is 27.9 Å². The highest BCUT2D eigenvalue weighted by Gasteiger charge is 2.18. The molecule has 8 heteroatoms. The molecule has 0 saturated heterocycles. The number of methoxy groups -OCH3 is 1. The number of fused-ring (bicyclic) bond motifs is 1.